The van der Waals surface area contributed by atoms with Crippen molar-refractivity contribution in [1.29, 1.82) is 0 Å². The van der Waals surface area contributed by atoms with Crippen molar-refractivity contribution in [3.63, 3.8) is 0 Å². The molecule has 1 fully saturated rings. The Morgan fingerprint density at radius 2 is 1.78 bits per heavy atom. The normalized spacial score (nSPS) is 17.4. The summed E-state index contributed by atoms with van der Waals surface area (Å²) in [5, 5.41) is 15.3. The lowest BCUT2D eigenvalue weighted by Crippen LogP contribution is -2.29. The van der Waals surface area contributed by atoms with Gasteiger partial charge in [0, 0.05) is 48.1 Å². The van der Waals surface area contributed by atoms with E-state index in [1.165, 1.54) is 0 Å². The zero-order valence-corrected chi connectivity index (χ0v) is 22.2. The molecule has 0 aliphatic carbocycles. The highest BCUT2D eigenvalue weighted by atomic mass is 35.5. The summed E-state index contributed by atoms with van der Waals surface area (Å²) < 4.78 is 2.25. The van der Waals surface area contributed by atoms with Gasteiger partial charge in [0.25, 0.3) is 0 Å². The van der Waals surface area contributed by atoms with E-state index in [2.05, 4.69) is 63.9 Å². The predicted molar refractivity (Wildman–Crippen MR) is 151 cm³/mol. The molecule has 0 spiro atoms. The molecule has 36 heavy (non-hydrogen) atoms. The fourth-order valence-corrected chi connectivity index (χ4v) is 5.51. The molecule has 5 rings (SSSR count). The summed E-state index contributed by atoms with van der Waals surface area (Å²) >= 11 is 12.2. The zero-order chi connectivity index (χ0) is 25.6. The summed E-state index contributed by atoms with van der Waals surface area (Å²) in [7, 11) is 4.07. The van der Waals surface area contributed by atoms with Gasteiger partial charge in [-0.15, -0.1) is 0 Å². The molecule has 3 heterocycles. The highest BCUT2D eigenvalue weighted by molar-refractivity contribution is 7.80. The number of thiocarbonyl (C=S) groups is 1. The van der Waals surface area contributed by atoms with Crippen molar-refractivity contribution >= 4 is 40.3 Å². The number of halogens is 1. The number of aryl methyl sites for hydroxylation is 1. The minimum atomic E-state index is -0.252. The van der Waals surface area contributed by atoms with Gasteiger partial charge in [-0.2, -0.15) is 0 Å². The molecule has 2 aromatic carbocycles. The molecule has 0 saturated carbocycles. The standard InChI is InChI=1S/C28H28ClN5OS/c1-17-15-22(18(2)33(17)21-11-9-20(10-12-21)32(3)4)27-26(23-7-5-6-14-30-23)31-28(36)34(27)24-16-19(29)8-13-25(24)35/h5-16,26-27,35H,1-4H3,(H,31,36)/t26-,27-/m0/s1. The lowest BCUT2D eigenvalue weighted by molar-refractivity contribution is 0.472. The van der Waals surface area contributed by atoms with Crippen molar-refractivity contribution < 1.29 is 5.11 Å². The predicted octanol–water partition coefficient (Wildman–Crippen LogP) is 6.09. The van der Waals surface area contributed by atoms with Gasteiger partial charge in [-0.1, -0.05) is 17.7 Å². The van der Waals surface area contributed by atoms with E-state index in [1.807, 2.05) is 37.2 Å². The Kier molecular flexibility index (Phi) is 6.36. The average molecular weight is 518 g/mol. The highest BCUT2D eigenvalue weighted by Crippen LogP contribution is 2.46. The Morgan fingerprint density at radius 1 is 1.03 bits per heavy atom. The number of aromatic hydroxyl groups is 1. The van der Waals surface area contributed by atoms with Crippen LogP contribution in [-0.4, -0.2) is 33.9 Å². The van der Waals surface area contributed by atoms with Crippen LogP contribution in [0, 0.1) is 13.8 Å². The van der Waals surface area contributed by atoms with Crippen LogP contribution >= 0.6 is 23.8 Å². The van der Waals surface area contributed by atoms with Crippen LogP contribution in [0.25, 0.3) is 5.69 Å². The van der Waals surface area contributed by atoms with Crippen LogP contribution in [0.2, 0.25) is 5.02 Å². The number of phenols is 1. The maximum atomic E-state index is 10.8. The number of anilines is 2. The van der Waals surface area contributed by atoms with Crippen molar-refractivity contribution in [3.05, 3.63) is 101 Å². The number of phenolic OH excluding ortho intramolecular Hbond substituents is 1. The first-order valence-corrected chi connectivity index (χ1v) is 12.5. The number of rotatable bonds is 5. The van der Waals surface area contributed by atoms with Gasteiger partial charge in [-0.3, -0.25) is 4.98 Å². The van der Waals surface area contributed by atoms with Crippen molar-refractivity contribution in [2.45, 2.75) is 25.9 Å². The lowest BCUT2D eigenvalue weighted by Gasteiger charge is -2.28. The van der Waals surface area contributed by atoms with Gasteiger partial charge in [-0.05, 0) is 92.3 Å². The summed E-state index contributed by atoms with van der Waals surface area (Å²) in [6.07, 6.45) is 1.78. The Morgan fingerprint density at radius 3 is 2.44 bits per heavy atom. The Bertz CT molecular complexity index is 1420. The number of nitrogens with one attached hydrogen (secondary N) is 1. The molecule has 1 saturated heterocycles. The Balaban J connectivity index is 1.67. The summed E-state index contributed by atoms with van der Waals surface area (Å²) in [5.41, 5.74) is 6.94. The van der Waals surface area contributed by atoms with E-state index in [0.717, 1.165) is 34.0 Å². The van der Waals surface area contributed by atoms with E-state index >= 15 is 0 Å². The zero-order valence-electron chi connectivity index (χ0n) is 20.6. The molecule has 2 N–H and O–H groups in total. The minimum absolute atomic E-state index is 0.114. The topological polar surface area (TPSA) is 56.6 Å². The van der Waals surface area contributed by atoms with E-state index in [1.54, 1.807) is 24.4 Å². The third-order valence-corrected chi connectivity index (χ3v) is 7.26. The van der Waals surface area contributed by atoms with Gasteiger partial charge < -0.3 is 24.8 Å². The van der Waals surface area contributed by atoms with Crippen molar-refractivity contribution in [3.8, 4) is 11.4 Å². The second-order valence-corrected chi connectivity index (χ2v) is 10.0. The van der Waals surface area contributed by atoms with Crippen LogP contribution in [0.15, 0.2) is 72.9 Å². The maximum Gasteiger partial charge on any atom is 0.174 e. The number of hydrogen-bond donors (Lipinski definition) is 2. The summed E-state index contributed by atoms with van der Waals surface area (Å²) in [5.74, 6) is 0.114. The van der Waals surface area contributed by atoms with Crippen molar-refractivity contribution in [2.24, 2.45) is 0 Å². The summed E-state index contributed by atoms with van der Waals surface area (Å²) in [4.78, 5) is 8.67. The molecule has 1 aliphatic heterocycles. The third-order valence-electron chi connectivity index (χ3n) is 6.71. The van der Waals surface area contributed by atoms with Gasteiger partial charge >= 0.3 is 0 Å². The number of pyridine rings is 1. The second-order valence-electron chi connectivity index (χ2n) is 9.20. The van der Waals surface area contributed by atoms with Crippen LogP contribution in [-0.2, 0) is 0 Å². The van der Waals surface area contributed by atoms with Crippen LogP contribution in [0.1, 0.15) is 34.7 Å². The van der Waals surface area contributed by atoms with Crippen LogP contribution in [0.5, 0.6) is 5.75 Å². The summed E-state index contributed by atoms with van der Waals surface area (Å²) in [6.45, 7) is 4.23. The Labute approximate surface area is 221 Å². The largest absolute Gasteiger partial charge is 0.506 e. The maximum absolute atomic E-state index is 10.8. The molecule has 2 aromatic heterocycles. The quantitative estimate of drug-likeness (QED) is 0.312. The molecule has 2 atom stereocenters. The minimum Gasteiger partial charge on any atom is -0.506 e. The average Bonchev–Trinajstić information content (AvgIpc) is 3.36. The van der Waals surface area contributed by atoms with E-state index in [0.29, 0.717) is 15.8 Å². The first kappa shape index (κ1) is 24.2. The van der Waals surface area contributed by atoms with Gasteiger partial charge in [0.15, 0.2) is 5.11 Å². The molecule has 4 aromatic rings. The van der Waals surface area contributed by atoms with Crippen LogP contribution < -0.4 is 15.1 Å². The highest BCUT2D eigenvalue weighted by Gasteiger charge is 2.43. The fraction of sp³-hybridized carbons (Fsp3) is 0.214. The van der Waals surface area contributed by atoms with E-state index in [9.17, 15) is 5.11 Å². The first-order chi connectivity index (χ1) is 17.3. The van der Waals surface area contributed by atoms with Gasteiger partial charge in [0.05, 0.1) is 23.5 Å². The smallest absolute Gasteiger partial charge is 0.174 e. The number of nitrogens with zero attached hydrogens (tertiary/aromatic N) is 4. The second kappa shape index (κ2) is 9.48. The molecule has 1 aliphatic rings. The molecule has 0 amide bonds. The Hall–Kier alpha value is -3.55. The number of aromatic nitrogens is 2. The monoisotopic (exact) mass is 517 g/mol. The molecule has 184 valence electrons. The van der Waals surface area contributed by atoms with Crippen molar-refractivity contribution in [1.82, 2.24) is 14.9 Å². The molecular formula is C28H28ClN5OS. The van der Waals surface area contributed by atoms with Crippen LogP contribution in [0.4, 0.5) is 11.4 Å². The first-order valence-electron chi connectivity index (χ1n) is 11.7. The van der Waals surface area contributed by atoms with Gasteiger partial charge in [-0.25, -0.2) is 0 Å². The number of hydrogen-bond acceptors (Lipinski definition) is 4. The van der Waals surface area contributed by atoms with E-state index < -0.39 is 0 Å². The van der Waals surface area contributed by atoms with Gasteiger partial charge in [0.2, 0.25) is 0 Å². The molecule has 0 bridgehead atoms. The number of benzene rings is 2. The SMILES string of the molecule is Cc1cc([C@H]2[C@H](c3ccccn3)NC(=S)N2c2cc(Cl)ccc2O)c(C)n1-c1ccc(N(C)C)cc1. The molecule has 0 radical (unpaired) electrons. The molecule has 8 heteroatoms. The lowest BCUT2D eigenvalue weighted by atomic mass is 9.96. The molecule has 0 unspecified atom stereocenters. The fourth-order valence-electron chi connectivity index (χ4n) is 5.00. The third kappa shape index (κ3) is 4.18. The van der Waals surface area contributed by atoms with Crippen LogP contribution in [0.3, 0.4) is 0 Å². The van der Waals surface area contributed by atoms with E-state index in [-0.39, 0.29) is 17.8 Å². The molecule has 6 nitrogen and oxygen atoms in total. The van der Waals surface area contributed by atoms with Gasteiger partial charge in [0.1, 0.15) is 5.75 Å². The summed E-state index contributed by atoms with van der Waals surface area (Å²) in [6, 6.07) is 21.1. The van der Waals surface area contributed by atoms with Crippen molar-refractivity contribution in [2.75, 3.05) is 23.9 Å². The molecular weight excluding hydrogens is 490 g/mol. The van der Waals surface area contributed by atoms with E-state index in [4.69, 9.17) is 23.8 Å².